The quantitative estimate of drug-likeness (QED) is 0.659. The number of hydrogen-bond acceptors (Lipinski definition) is 2. The Labute approximate surface area is 95.8 Å². The van der Waals surface area contributed by atoms with Crippen molar-refractivity contribution in [3.63, 3.8) is 0 Å². The summed E-state index contributed by atoms with van der Waals surface area (Å²) in [5.41, 5.74) is 0. The normalized spacial score (nSPS) is 12.9. The Morgan fingerprint density at radius 3 is 2.00 bits per heavy atom. The van der Waals surface area contributed by atoms with Gasteiger partial charge in [0.2, 0.25) is 11.6 Å². The van der Waals surface area contributed by atoms with Gasteiger partial charge >= 0.3 is 0 Å². The molecule has 0 fully saturated rings. The standard InChI is InChI=1S/C11H12F4O2/c1-5(2)8(16)4-17-11-9(14)6(12)3-7(13)10(11)15/h3,5,8,16H,4H2,1-2H3. The van der Waals surface area contributed by atoms with Crippen molar-refractivity contribution in [2.45, 2.75) is 20.0 Å². The Morgan fingerprint density at radius 2 is 1.59 bits per heavy atom. The van der Waals surface area contributed by atoms with Crippen molar-refractivity contribution in [2.75, 3.05) is 6.61 Å². The van der Waals surface area contributed by atoms with E-state index >= 15 is 0 Å². The first-order valence-corrected chi connectivity index (χ1v) is 4.98. The minimum absolute atomic E-state index is 0.0937. The molecule has 0 saturated carbocycles. The van der Waals surface area contributed by atoms with Crippen molar-refractivity contribution in [1.29, 1.82) is 0 Å². The summed E-state index contributed by atoms with van der Waals surface area (Å²) >= 11 is 0. The summed E-state index contributed by atoms with van der Waals surface area (Å²) in [4.78, 5) is 0. The predicted octanol–water partition coefficient (Wildman–Crippen LogP) is 2.64. The minimum Gasteiger partial charge on any atom is -0.485 e. The van der Waals surface area contributed by atoms with Crippen molar-refractivity contribution in [3.8, 4) is 5.75 Å². The van der Waals surface area contributed by atoms with Crippen LogP contribution in [0, 0.1) is 29.2 Å². The fourth-order valence-corrected chi connectivity index (χ4v) is 1.04. The summed E-state index contributed by atoms with van der Waals surface area (Å²) in [7, 11) is 0. The van der Waals surface area contributed by atoms with Gasteiger partial charge < -0.3 is 9.84 Å². The third kappa shape index (κ3) is 3.09. The van der Waals surface area contributed by atoms with Crippen molar-refractivity contribution in [3.05, 3.63) is 29.3 Å². The van der Waals surface area contributed by atoms with E-state index in [0.717, 1.165) is 0 Å². The van der Waals surface area contributed by atoms with Crippen molar-refractivity contribution >= 4 is 0 Å². The van der Waals surface area contributed by atoms with Gasteiger partial charge in [0.15, 0.2) is 17.4 Å². The molecule has 1 aromatic carbocycles. The number of aliphatic hydroxyl groups excluding tert-OH is 1. The molecule has 0 aliphatic rings. The predicted molar refractivity (Wildman–Crippen MR) is 52.6 cm³/mol. The van der Waals surface area contributed by atoms with Crippen molar-refractivity contribution < 1.29 is 27.4 Å². The lowest BCUT2D eigenvalue weighted by molar-refractivity contribution is 0.0658. The van der Waals surface area contributed by atoms with E-state index in [0.29, 0.717) is 0 Å². The number of hydrogen-bond donors (Lipinski definition) is 1. The molecular weight excluding hydrogens is 240 g/mol. The average molecular weight is 252 g/mol. The first kappa shape index (κ1) is 13.8. The lowest BCUT2D eigenvalue weighted by atomic mass is 10.1. The highest BCUT2D eigenvalue weighted by Crippen LogP contribution is 2.26. The van der Waals surface area contributed by atoms with E-state index in [1.165, 1.54) is 0 Å². The molecule has 0 aliphatic heterocycles. The van der Waals surface area contributed by atoms with Crippen LogP contribution in [0.25, 0.3) is 0 Å². The lowest BCUT2D eigenvalue weighted by Gasteiger charge is -2.16. The molecule has 0 heterocycles. The molecule has 0 bridgehead atoms. The van der Waals surface area contributed by atoms with Gasteiger partial charge in [-0.1, -0.05) is 13.8 Å². The number of benzene rings is 1. The van der Waals surface area contributed by atoms with Gasteiger partial charge in [-0.05, 0) is 5.92 Å². The third-order valence-electron chi connectivity index (χ3n) is 2.24. The zero-order valence-corrected chi connectivity index (χ0v) is 9.31. The summed E-state index contributed by atoms with van der Waals surface area (Å²) in [6.07, 6.45) is -0.986. The van der Waals surface area contributed by atoms with Gasteiger partial charge in [-0.3, -0.25) is 0 Å². The fourth-order valence-electron chi connectivity index (χ4n) is 1.04. The fraction of sp³-hybridized carbons (Fsp3) is 0.455. The monoisotopic (exact) mass is 252 g/mol. The van der Waals surface area contributed by atoms with E-state index in [2.05, 4.69) is 4.74 Å². The molecule has 1 aromatic rings. The summed E-state index contributed by atoms with van der Waals surface area (Å²) in [5, 5.41) is 9.35. The molecule has 0 aromatic heterocycles. The van der Waals surface area contributed by atoms with Crippen LogP contribution in [0.15, 0.2) is 6.07 Å². The SMILES string of the molecule is CC(C)C(O)COc1c(F)c(F)cc(F)c1F. The molecule has 2 nitrogen and oxygen atoms in total. The highest BCUT2D eigenvalue weighted by Gasteiger charge is 2.21. The lowest BCUT2D eigenvalue weighted by Crippen LogP contribution is -2.24. The van der Waals surface area contributed by atoms with E-state index < -0.39 is 41.7 Å². The Hall–Kier alpha value is -1.30. The Morgan fingerprint density at radius 1 is 1.12 bits per heavy atom. The van der Waals surface area contributed by atoms with Crippen LogP contribution in [0.2, 0.25) is 0 Å². The van der Waals surface area contributed by atoms with E-state index in [1.807, 2.05) is 0 Å². The van der Waals surface area contributed by atoms with E-state index in [9.17, 15) is 22.7 Å². The molecule has 1 rings (SSSR count). The van der Waals surface area contributed by atoms with Crippen LogP contribution in [0.4, 0.5) is 17.6 Å². The first-order valence-electron chi connectivity index (χ1n) is 4.98. The third-order valence-corrected chi connectivity index (χ3v) is 2.24. The Balaban J connectivity index is 2.91. The van der Waals surface area contributed by atoms with Gasteiger partial charge in [0.05, 0.1) is 6.10 Å². The van der Waals surface area contributed by atoms with E-state index in [1.54, 1.807) is 13.8 Å². The molecule has 6 heteroatoms. The van der Waals surface area contributed by atoms with Crippen LogP contribution >= 0.6 is 0 Å². The molecule has 17 heavy (non-hydrogen) atoms. The van der Waals surface area contributed by atoms with Crippen LogP contribution in [0.1, 0.15) is 13.8 Å². The van der Waals surface area contributed by atoms with E-state index in [-0.39, 0.29) is 12.0 Å². The largest absolute Gasteiger partial charge is 0.485 e. The van der Waals surface area contributed by atoms with Crippen LogP contribution in [-0.2, 0) is 0 Å². The second-order valence-corrected chi connectivity index (χ2v) is 3.92. The van der Waals surface area contributed by atoms with Crippen LogP contribution < -0.4 is 4.74 Å². The number of ether oxygens (including phenoxy) is 1. The Bertz CT molecular complexity index is 381. The van der Waals surface area contributed by atoms with Crippen LogP contribution in [0.5, 0.6) is 5.75 Å². The van der Waals surface area contributed by atoms with Gasteiger partial charge in [-0.15, -0.1) is 0 Å². The molecule has 0 amide bonds. The van der Waals surface area contributed by atoms with Gasteiger partial charge in [0.25, 0.3) is 0 Å². The van der Waals surface area contributed by atoms with Gasteiger partial charge in [-0.25, -0.2) is 8.78 Å². The van der Waals surface area contributed by atoms with Crippen LogP contribution in [-0.4, -0.2) is 17.8 Å². The highest BCUT2D eigenvalue weighted by atomic mass is 19.2. The molecule has 0 radical (unpaired) electrons. The number of rotatable bonds is 4. The second-order valence-electron chi connectivity index (χ2n) is 3.92. The second kappa shape index (κ2) is 5.35. The molecule has 1 N–H and O–H groups in total. The maximum atomic E-state index is 13.1. The van der Waals surface area contributed by atoms with Gasteiger partial charge in [-0.2, -0.15) is 8.78 Å². The molecule has 0 saturated heterocycles. The molecule has 1 unspecified atom stereocenters. The molecular formula is C11H12F4O2. The molecule has 1 atom stereocenters. The zero-order chi connectivity index (χ0) is 13.2. The number of halogens is 4. The molecule has 0 aliphatic carbocycles. The highest BCUT2D eigenvalue weighted by molar-refractivity contribution is 5.28. The van der Waals surface area contributed by atoms with Gasteiger partial charge in [0.1, 0.15) is 6.61 Å². The summed E-state index contributed by atoms with van der Waals surface area (Å²) in [5.74, 6) is -7.67. The summed E-state index contributed by atoms with van der Waals surface area (Å²) < 4.78 is 56.3. The summed E-state index contributed by atoms with van der Waals surface area (Å²) in [6.45, 7) is 2.87. The smallest absolute Gasteiger partial charge is 0.203 e. The van der Waals surface area contributed by atoms with Crippen LogP contribution in [0.3, 0.4) is 0 Å². The zero-order valence-electron chi connectivity index (χ0n) is 9.31. The molecule has 96 valence electrons. The van der Waals surface area contributed by atoms with E-state index in [4.69, 9.17) is 0 Å². The maximum absolute atomic E-state index is 13.1. The first-order chi connectivity index (χ1) is 7.84. The van der Waals surface area contributed by atoms with Crippen molar-refractivity contribution in [1.82, 2.24) is 0 Å². The molecule has 0 spiro atoms. The minimum atomic E-state index is -1.61. The van der Waals surface area contributed by atoms with Gasteiger partial charge in [0, 0.05) is 6.07 Å². The summed E-state index contributed by atoms with van der Waals surface area (Å²) in [6, 6.07) is 0.0937. The number of aliphatic hydroxyl groups is 1. The Kier molecular flexibility index (Phi) is 4.34. The topological polar surface area (TPSA) is 29.5 Å². The average Bonchev–Trinajstić information content (AvgIpc) is 2.26. The van der Waals surface area contributed by atoms with Crippen molar-refractivity contribution in [2.24, 2.45) is 5.92 Å². The maximum Gasteiger partial charge on any atom is 0.203 e.